The van der Waals surface area contributed by atoms with Gasteiger partial charge in [-0.25, -0.2) is 9.37 Å². The Morgan fingerprint density at radius 2 is 1.82 bits per heavy atom. The molecular weight excluding hydrogens is 377 g/mol. The van der Waals surface area contributed by atoms with Gasteiger partial charge < -0.3 is 9.47 Å². The van der Waals surface area contributed by atoms with Gasteiger partial charge in [0.05, 0.1) is 14.2 Å². The van der Waals surface area contributed by atoms with Crippen molar-refractivity contribution in [3.63, 3.8) is 0 Å². The van der Waals surface area contributed by atoms with Crippen LogP contribution in [0.4, 0.5) is 4.39 Å². The molecular formula is C21H18FN3O2S. The smallest absolute Gasteiger partial charge is 0.243 e. The molecule has 5 nitrogen and oxygen atoms in total. The standard InChI is InChI=1S/C21H18FN3O2S/c1-26-17-5-3-4-14(12-17)13-28-19-11-10-18-23-20(21(27-2)25(18)24-19)15-6-8-16(22)9-7-15/h3-12H,13H2,1-2H3. The van der Waals surface area contributed by atoms with Crippen LogP contribution in [0.15, 0.2) is 65.7 Å². The number of thioether (sulfide) groups is 1. The molecule has 0 aliphatic carbocycles. The molecule has 2 aromatic carbocycles. The summed E-state index contributed by atoms with van der Waals surface area (Å²) < 4.78 is 25.7. The van der Waals surface area contributed by atoms with Gasteiger partial charge in [0.1, 0.15) is 22.3 Å². The van der Waals surface area contributed by atoms with E-state index in [2.05, 4.69) is 16.1 Å². The average molecular weight is 395 g/mol. The number of benzene rings is 2. The largest absolute Gasteiger partial charge is 0.497 e. The molecule has 0 spiro atoms. The van der Waals surface area contributed by atoms with E-state index in [9.17, 15) is 4.39 Å². The van der Waals surface area contributed by atoms with Crippen LogP contribution in [0, 0.1) is 5.82 Å². The van der Waals surface area contributed by atoms with Crippen molar-refractivity contribution in [2.75, 3.05) is 14.2 Å². The molecule has 0 saturated heterocycles. The van der Waals surface area contributed by atoms with Crippen molar-refractivity contribution in [1.29, 1.82) is 0 Å². The highest BCUT2D eigenvalue weighted by Gasteiger charge is 2.16. The van der Waals surface area contributed by atoms with E-state index in [-0.39, 0.29) is 5.82 Å². The fraction of sp³-hybridized carbons (Fsp3) is 0.143. The number of imidazole rings is 1. The van der Waals surface area contributed by atoms with Crippen LogP contribution in [-0.4, -0.2) is 28.8 Å². The highest BCUT2D eigenvalue weighted by atomic mass is 32.2. The third-order valence-corrected chi connectivity index (χ3v) is 5.23. The average Bonchev–Trinajstić information content (AvgIpc) is 3.10. The molecule has 0 fully saturated rings. The number of methoxy groups -OCH3 is 2. The van der Waals surface area contributed by atoms with E-state index in [1.54, 1.807) is 42.6 Å². The minimum atomic E-state index is -0.291. The van der Waals surface area contributed by atoms with Gasteiger partial charge >= 0.3 is 0 Å². The molecule has 0 atom stereocenters. The van der Waals surface area contributed by atoms with Gasteiger partial charge in [0.2, 0.25) is 5.88 Å². The summed E-state index contributed by atoms with van der Waals surface area (Å²) in [6.45, 7) is 0. The molecule has 7 heteroatoms. The summed E-state index contributed by atoms with van der Waals surface area (Å²) in [7, 11) is 3.24. The SMILES string of the molecule is COc1cccc(CSc2ccc3nc(-c4ccc(F)cc4)c(OC)n3n2)c1. The van der Waals surface area contributed by atoms with Gasteiger partial charge in [-0.05, 0) is 54.1 Å². The number of nitrogens with zero attached hydrogens (tertiary/aromatic N) is 3. The molecule has 0 aliphatic rings. The van der Waals surface area contributed by atoms with Gasteiger partial charge in [0.25, 0.3) is 0 Å². The Morgan fingerprint density at radius 1 is 1.00 bits per heavy atom. The van der Waals surface area contributed by atoms with Gasteiger partial charge in [-0.15, -0.1) is 0 Å². The maximum Gasteiger partial charge on any atom is 0.243 e. The molecule has 0 amide bonds. The minimum absolute atomic E-state index is 0.291. The Bertz CT molecular complexity index is 1110. The first kappa shape index (κ1) is 18.3. The Kier molecular flexibility index (Phi) is 5.16. The van der Waals surface area contributed by atoms with E-state index in [4.69, 9.17) is 9.47 Å². The fourth-order valence-corrected chi connectivity index (χ4v) is 3.67. The van der Waals surface area contributed by atoms with Crippen LogP contribution < -0.4 is 9.47 Å². The lowest BCUT2D eigenvalue weighted by molar-refractivity contribution is 0.387. The maximum absolute atomic E-state index is 13.2. The summed E-state index contributed by atoms with van der Waals surface area (Å²) in [6.07, 6.45) is 0. The molecule has 28 heavy (non-hydrogen) atoms. The first-order valence-electron chi connectivity index (χ1n) is 8.63. The van der Waals surface area contributed by atoms with Gasteiger partial charge in [0, 0.05) is 11.3 Å². The monoisotopic (exact) mass is 395 g/mol. The molecule has 0 bridgehead atoms. The van der Waals surface area contributed by atoms with Gasteiger partial charge in [-0.2, -0.15) is 9.61 Å². The van der Waals surface area contributed by atoms with E-state index < -0.39 is 0 Å². The molecule has 0 aliphatic heterocycles. The highest BCUT2D eigenvalue weighted by molar-refractivity contribution is 7.98. The Hall–Kier alpha value is -3.06. The predicted octanol–water partition coefficient (Wildman–Crippen LogP) is 4.84. The molecule has 0 saturated carbocycles. The van der Waals surface area contributed by atoms with E-state index >= 15 is 0 Å². The summed E-state index contributed by atoms with van der Waals surface area (Å²) in [5.41, 5.74) is 3.22. The third kappa shape index (κ3) is 3.66. The van der Waals surface area contributed by atoms with Crippen LogP contribution in [0.5, 0.6) is 11.6 Å². The van der Waals surface area contributed by atoms with Crippen LogP contribution in [0.2, 0.25) is 0 Å². The highest BCUT2D eigenvalue weighted by Crippen LogP contribution is 2.31. The van der Waals surface area contributed by atoms with Crippen molar-refractivity contribution in [2.24, 2.45) is 0 Å². The quantitative estimate of drug-likeness (QED) is 0.437. The first-order chi connectivity index (χ1) is 13.7. The number of fused-ring (bicyclic) bond motifs is 1. The van der Waals surface area contributed by atoms with Crippen molar-refractivity contribution in [3.05, 3.63) is 72.0 Å². The second kappa shape index (κ2) is 7.90. The van der Waals surface area contributed by atoms with Crippen molar-refractivity contribution in [1.82, 2.24) is 14.6 Å². The molecule has 2 heterocycles. The van der Waals surface area contributed by atoms with E-state index in [0.29, 0.717) is 17.2 Å². The summed E-state index contributed by atoms with van der Waals surface area (Å²) in [5.74, 6) is 1.82. The predicted molar refractivity (Wildman–Crippen MR) is 107 cm³/mol. The molecule has 2 aromatic heterocycles. The minimum Gasteiger partial charge on any atom is -0.497 e. The molecule has 0 N–H and O–H groups in total. The zero-order valence-electron chi connectivity index (χ0n) is 15.4. The lowest BCUT2D eigenvalue weighted by Crippen LogP contribution is -1.97. The number of aromatic nitrogens is 3. The molecule has 0 unspecified atom stereocenters. The topological polar surface area (TPSA) is 48.7 Å². The number of halogens is 1. The Balaban J connectivity index is 1.63. The molecule has 142 valence electrons. The zero-order chi connectivity index (χ0) is 19.5. The van der Waals surface area contributed by atoms with Crippen LogP contribution >= 0.6 is 11.8 Å². The number of hydrogen-bond donors (Lipinski definition) is 0. The number of ether oxygens (including phenoxy) is 2. The van der Waals surface area contributed by atoms with Gasteiger partial charge in [-0.3, -0.25) is 0 Å². The zero-order valence-corrected chi connectivity index (χ0v) is 16.2. The first-order valence-corrected chi connectivity index (χ1v) is 9.62. The van der Waals surface area contributed by atoms with Crippen molar-refractivity contribution >= 4 is 17.4 Å². The van der Waals surface area contributed by atoms with Crippen molar-refractivity contribution < 1.29 is 13.9 Å². The van der Waals surface area contributed by atoms with E-state index in [1.165, 1.54) is 12.1 Å². The maximum atomic E-state index is 13.2. The lowest BCUT2D eigenvalue weighted by Gasteiger charge is -2.06. The Labute approximate surface area is 166 Å². The summed E-state index contributed by atoms with van der Waals surface area (Å²) in [6, 6.07) is 18.0. The summed E-state index contributed by atoms with van der Waals surface area (Å²) >= 11 is 1.61. The second-order valence-corrected chi connectivity index (χ2v) is 7.05. The third-order valence-electron chi connectivity index (χ3n) is 4.24. The molecule has 0 radical (unpaired) electrons. The van der Waals surface area contributed by atoms with Crippen LogP contribution in [0.25, 0.3) is 16.9 Å². The summed E-state index contributed by atoms with van der Waals surface area (Å²) in [4.78, 5) is 4.59. The number of rotatable bonds is 6. The van der Waals surface area contributed by atoms with Crippen molar-refractivity contribution in [3.8, 4) is 22.9 Å². The summed E-state index contributed by atoms with van der Waals surface area (Å²) in [5, 5.41) is 5.50. The van der Waals surface area contributed by atoms with Crippen LogP contribution in [0.3, 0.4) is 0 Å². The van der Waals surface area contributed by atoms with Gasteiger partial charge in [-0.1, -0.05) is 23.9 Å². The van der Waals surface area contributed by atoms with Crippen molar-refractivity contribution in [2.45, 2.75) is 10.8 Å². The lowest BCUT2D eigenvalue weighted by atomic mass is 10.1. The van der Waals surface area contributed by atoms with E-state index in [0.717, 1.165) is 27.7 Å². The van der Waals surface area contributed by atoms with Crippen LogP contribution in [-0.2, 0) is 5.75 Å². The fourth-order valence-electron chi connectivity index (χ4n) is 2.87. The Morgan fingerprint density at radius 3 is 2.57 bits per heavy atom. The number of hydrogen-bond acceptors (Lipinski definition) is 5. The molecule has 4 aromatic rings. The second-order valence-electron chi connectivity index (χ2n) is 6.06. The molecule has 4 rings (SSSR count). The van der Waals surface area contributed by atoms with Gasteiger partial charge in [0.15, 0.2) is 5.65 Å². The normalized spacial score (nSPS) is 11.0. The van der Waals surface area contributed by atoms with E-state index in [1.807, 2.05) is 30.3 Å². The van der Waals surface area contributed by atoms with Crippen LogP contribution in [0.1, 0.15) is 5.56 Å².